The minimum Gasteiger partial charge on any atom is -0.493 e. The summed E-state index contributed by atoms with van der Waals surface area (Å²) in [4.78, 5) is 30.0. The zero-order valence-electron chi connectivity index (χ0n) is 17.2. The molecule has 1 atom stereocenters. The van der Waals surface area contributed by atoms with Crippen molar-refractivity contribution in [2.24, 2.45) is 0 Å². The minimum absolute atomic E-state index is 0.0518. The second-order valence-corrected chi connectivity index (χ2v) is 6.82. The summed E-state index contributed by atoms with van der Waals surface area (Å²) in [7, 11) is 1.37. The van der Waals surface area contributed by atoms with Gasteiger partial charge in [0.2, 0.25) is 0 Å². The molecule has 1 aromatic heterocycles. The molecule has 162 valence electrons. The maximum atomic E-state index is 12.0. The molecule has 0 fully saturated rings. The number of nitrogens with two attached hydrogens (primary N) is 2. The Balaban J connectivity index is 2.01. The molecule has 0 radical (unpaired) electrons. The molecular formula is C22H24N4O5. The van der Waals surface area contributed by atoms with Gasteiger partial charge in [-0.15, -0.1) is 0 Å². The van der Waals surface area contributed by atoms with Crippen LogP contribution in [0.3, 0.4) is 0 Å². The molecule has 0 amide bonds. The Bertz CT molecular complexity index is 1160. The van der Waals surface area contributed by atoms with Crippen LogP contribution in [0.2, 0.25) is 0 Å². The molecule has 0 saturated heterocycles. The molecule has 1 unspecified atom stereocenters. The zero-order chi connectivity index (χ0) is 22.5. The van der Waals surface area contributed by atoms with Crippen LogP contribution >= 0.6 is 0 Å². The number of ether oxygens (including phenoxy) is 2. The average Bonchev–Trinajstić information content (AvgIpc) is 2.75. The number of anilines is 2. The summed E-state index contributed by atoms with van der Waals surface area (Å²) < 4.78 is 10.8. The van der Waals surface area contributed by atoms with E-state index in [-0.39, 0.29) is 23.8 Å². The molecule has 0 aliphatic heterocycles. The smallest absolute Gasteiger partial charge is 0.333 e. The van der Waals surface area contributed by atoms with Gasteiger partial charge in [-0.25, -0.2) is 9.78 Å². The lowest BCUT2D eigenvalue weighted by atomic mass is 9.98. The molecule has 31 heavy (non-hydrogen) atoms. The molecule has 1 heterocycles. The predicted octanol–water partition coefficient (Wildman–Crippen LogP) is 2.31. The van der Waals surface area contributed by atoms with Crippen LogP contribution in [-0.4, -0.2) is 40.9 Å². The normalized spacial score (nSPS) is 11.8. The molecular weight excluding hydrogens is 400 g/mol. The van der Waals surface area contributed by atoms with E-state index in [1.165, 1.54) is 7.11 Å². The van der Waals surface area contributed by atoms with Crippen molar-refractivity contribution < 1.29 is 19.4 Å². The van der Waals surface area contributed by atoms with Crippen LogP contribution in [0.1, 0.15) is 12.5 Å². The fourth-order valence-electron chi connectivity index (χ4n) is 3.16. The van der Waals surface area contributed by atoms with Gasteiger partial charge in [0.15, 0.2) is 11.9 Å². The minimum atomic E-state index is -1.01. The first-order valence-electron chi connectivity index (χ1n) is 9.61. The van der Waals surface area contributed by atoms with Crippen LogP contribution in [0.5, 0.6) is 5.75 Å². The van der Waals surface area contributed by atoms with Gasteiger partial charge in [0.1, 0.15) is 17.3 Å². The Morgan fingerprint density at radius 2 is 1.94 bits per heavy atom. The highest BCUT2D eigenvalue weighted by atomic mass is 16.5. The third-order valence-corrected chi connectivity index (χ3v) is 4.76. The number of benzene rings is 2. The van der Waals surface area contributed by atoms with Crippen molar-refractivity contribution in [3.63, 3.8) is 0 Å². The number of nitrogens with one attached hydrogen (secondary N) is 1. The number of methoxy groups -OCH3 is 1. The summed E-state index contributed by atoms with van der Waals surface area (Å²) in [6, 6.07) is 13.0. The number of hydrogen-bond acceptors (Lipinski definition) is 7. The second kappa shape index (κ2) is 9.31. The maximum Gasteiger partial charge on any atom is 0.333 e. The van der Waals surface area contributed by atoms with Crippen molar-refractivity contribution in [1.82, 2.24) is 9.97 Å². The number of rotatable bonds is 8. The quantitative estimate of drug-likeness (QED) is 0.429. The first-order valence-corrected chi connectivity index (χ1v) is 9.61. The highest BCUT2D eigenvalue weighted by molar-refractivity contribution is 5.75. The van der Waals surface area contributed by atoms with Gasteiger partial charge in [-0.1, -0.05) is 30.3 Å². The molecule has 9 heteroatoms. The molecule has 6 N–H and O–H groups in total. The summed E-state index contributed by atoms with van der Waals surface area (Å²) in [6.45, 7) is 2.25. The highest BCUT2D eigenvalue weighted by Gasteiger charge is 2.18. The fraction of sp³-hybridized carbons (Fsp3) is 0.227. The number of aromatic nitrogens is 2. The lowest BCUT2D eigenvalue weighted by Crippen LogP contribution is -2.24. The Morgan fingerprint density at radius 1 is 1.19 bits per heavy atom. The monoisotopic (exact) mass is 424 g/mol. The molecule has 0 aliphatic carbocycles. The van der Waals surface area contributed by atoms with Crippen molar-refractivity contribution in [2.75, 3.05) is 25.2 Å². The van der Waals surface area contributed by atoms with E-state index in [1.807, 2.05) is 43.3 Å². The third-order valence-electron chi connectivity index (χ3n) is 4.76. The predicted molar refractivity (Wildman–Crippen MR) is 118 cm³/mol. The van der Waals surface area contributed by atoms with Crippen molar-refractivity contribution >= 4 is 17.5 Å². The van der Waals surface area contributed by atoms with Gasteiger partial charge in [-0.2, -0.15) is 0 Å². The van der Waals surface area contributed by atoms with Gasteiger partial charge in [0.05, 0.1) is 12.2 Å². The van der Waals surface area contributed by atoms with Crippen molar-refractivity contribution in [3.05, 3.63) is 58.4 Å². The van der Waals surface area contributed by atoms with E-state index in [4.69, 9.17) is 20.9 Å². The van der Waals surface area contributed by atoms with E-state index in [1.54, 1.807) is 6.07 Å². The largest absolute Gasteiger partial charge is 0.493 e. The maximum absolute atomic E-state index is 12.0. The molecule has 3 rings (SSSR count). The second-order valence-electron chi connectivity index (χ2n) is 6.82. The number of carboxylic acids is 1. The molecule has 3 aromatic rings. The number of nitrogen functional groups attached to an aromatic ring is 2. The highest BCUT2D eigenvalue weighted by Crippen LogP contribution is 2.33. The molecule has 0 saturated carbocycles. The van der Waals surface area contributed by atoms with Crippen molar-refractivity contribution in [2.45, 2.75) is 19.4 Å². The van der Waals surface area contributed by atoms with Gasteiger partial charge >= 0.3 is 5.97 Å². The van der Waals surface area contributed by atoms with Crippen LogP contribution in [0.4, 0.5) is 11.5 Å². The van der Waals surface area contributed by atoms with Crippen LogP contribution in [0.15, 0.2) is 47.3 Å². The van der Waals surface area contributed by atoms with Gasteiger partial charge in [0, 0.05) is 13.5 Å². The SMILES string of the molecule is CCOc1cc(-c2cccc(CC(OC)C(=O)O)c2)ccc1-c1nc(N)c(N)c(=O)[nH]1. The summed E-state index contributed by atoms with van der Waals surface area (Å²) in [5.41, 5.74) is 13.8. The van der Waals surface area contributed by atoms with Crippen LogP contribution in [0, 0.1) is 0 Å². The number of aliphatic carboxylic acids is 1. The Kier molecular flexibility index (Phi) is 6.56. The molecule has 9 nitrogen and oxygen atoms in total. The number of carbonyl (C=O) groups is 1. The molecule has 0 bridgehead atoms. The zero-order valence-corrected chi connectivity index (χ0v) is 17.2. The Labute approximate surface area is 178 Å². The van der Waals surface area contributed by atoms with Gasteiger partial charge in [-0.05, 0) is 35.7 Å². The first kappa shape index (κ1) is 21.8. The van der Waals surface area contributed by atoms with E-state index in [0.717, 1.165) is 16.7 Å². The fourth-order valence-corrected chi connectivity index (χ4v) is 3.16. The number of carboxylic acid groups (broad SMARTS) is 1. The number of nitrogens with zero attached hydrogens (tertiary/aromatic N) is 1. The summed E-state index contributed by atoms with van der Waals surface area (Å²) in [5.74, 6) is -0.299. The topological polar surface area (TPSA) is 154 Å². The van der Waals surface area contributed by atoms with Crippen molar-refractivity contribution in [3.8, 4) is 28.3 Å². The van der Waals surface area contributed by atoms with Crippen LogP contribution < -0.4 is 21.8 Å². The van der Waals surface area contributed by atoms with E-state index in [9.17, 15) is 14.7 Å². The number of H-pyrrole nitrogens is 1. The van der Waals surface area contributed by atoms with Crippen molar-refractivity contribution in [1.29, 1.82) is 0 Å². The van der Waals surface area contributed by atoms with E-state index in [2.05, 4.69) is 9.97 Å². The lowest BCUT2D eigenvalue weighted by Gasteiger charge is -2.14. The summed E-state index contributed by atoms with van der Waals surface area (Å²) in [6.07, 6.45) is -0.679. The van der Waals surface area contributed by atoms with Gasteiger partial charge in [0.25, 0.3) is 5.56 Å². The van der Waals surface area contributed by atoms with Crippen LogP contribution in [-0.2, 0) is 16.0 Å². The van der Waals surface area contributed by atoms with E-state index < -0.39 is 17.6 Å². The van der Waals surface area contributed by atoms with Crippen LogP contribution in [0.25, 0.3) is 22.5 Å². The summed E-state index contributed by atoms with van der Waals surface area (Å²) >= 11 is 0. The average molecular weight is 424 g/mol. The Morgan fingerprint density at radius 3 is 2.58 bits per heavy atom. The summed E-state index contributed by atoms with van der Waals surface area (Å²) in [5, 5.41) is 9.22. The molecule has 0 spiro atoms. The number of hydrogen-bond donors (Lipinski definition) is 4. The Hall–Kier alpha value is -3.85. The number of aromatic amines is 1. The third kappa shape index (κ3) is 4.84. The van der Waals surface area contributed by atoms with E-state index in [0.29, 0.717) is 17.9 Å². The molecule has 2 aromatic carbocycles. The van der Waals surface area contributed by atoms with Gasteiger partial charge in [-0.3, -0.25) is 4.79 Å². The standard InChI is InChI=1S/C22H24N4O5/c1-3-31-16-11-14(7-8-15(16)20-25-19(24)18(23)21(27)26-20)13-6-4-5-12(9-13)10-17(30-2)22(28)29/h4-9,11,17H,3,10,23H2,1-2H3,(H,28,29)(H3,24,25,26,27). The van der Waals surface area contributed by atoms with E-state index >= 15 is 0 Å². The molecule has 0 aliphatic rings. The lowest BCUT2D eigenvalue weighted by molar-refractivity contribution is -0.148. The first-order chi connectivity index (χ1) is 14.8. The van der Waals surface area contributed by atoms with Gasteiger partial charge < -0.3 is 31.0 Å².